The summed E-state index contributed by atoms with van der Waals surface area (Å²) in [6.07, 6.45) is 4.69. The quantitative estimate of drug-likeness (QED) is 0.659. The molecular weight excluding hydrogens is 246 g/mol. The molecule has 2 heteroatoms. The highest BCUT2D eigenvalue weighted by Gasteiger charge is 2.03. The average molecular weight is 259 g/mol. The lowest BCUT2D eigenvalue weighted by atomic mass is 10.1. The summed E-state index contributed by atoms with van der Waals surface area (Å²) in [5, 5.41) is 0.978. The molecule has 0 aliphatic heterocycles. The second-order valence-electron chi connectivity index (χ2n) is 4.52. The van der Waals surface area contributed by atoms with Crippen LogP contribution < -0.4 is 0 Å². The fourth-order valence-corrected chi connectivity index (χ4v) is 2.11. The minimum absolute atomic E-state index is 0.607. The van der Waals surface area contributed by atoms with Gasteiger partial charge in [-0.05, 0) is 23.8 Å². The molecule has 0 saturated carbocycles. The summed E-state index contributed by atoms with van der Waals surface area (Å²) in [6, 6.07) is 19.6. The maximum Gasteiger partial charge on any atom is 0.152 e. The Morgan fingerprint density at radius 3 is 2.40 bits per heavy atom. The van der Waals surface area contributed by atoms with Crippen LogP contribution in [-0.2, 0) is 0 Å². The summed E-state index contributed by atoms with van der Waals surface area (Å²) in [5.41, 5.74) is 3.28. The zero-order chi connectivity index (χ0) is 13.8. The van der Waals surface area contributed by atoms with Gasteiger partial charge < -0.3 is 0 Å². The number of hydrogen-bond acceptors (Lipinski definition) is 2. The molecule has 1 heterocycles. The van der Waals surface area contributed by atoms with Gasteiger partial charge in [-0.1, -0.05) is 54.6 Å². The van der Waals surface area contributed by atoms with E-state index in [0.717, 1.165) is 22.8 Å². The molecule has 3 aromatic rings. The Morgan fingerprint density at radius 1 is 0.850 bits per heavy atom. The van der Waals surface area contributed by atoms with Crippen LogP contribution >= 0.6 is 0 Å². The van der Waals surface area contributed by atoms with Crippen LogP contribution in [0.3, 0.4) is 0 Å². The topological polar surface area (TPSA) is 30.0 Å². The highest BCUT2D eigenvalue weighted by Crippen LogP contribution is 2.17. The zero-order valence-corrected chi connectivity index (χ0v) is 10.9. The van der Waals surface area contributed by atoms with E-state index < -0.39 is 0 Å². The van der Waals surface area contributed by atoms with Crippen LogP contribution in [0, 0.1) is 0 Å². The Labute approximate surface area is 117 Å². The van der Waals surface area contributed by atoms with E-state index in [0.29, 0.717) is 11.3 Å². The van der Waals surface area contributed by atoms with Crippen molar-refractivity contribution in [2.24, 2.45) is 0 Å². The van der Waals surface area contributed by atoms with E-state index >= 15 is 0 Å². The monoisotopic (exact) mass is 259 g/mol. The van der Waals surface area contributed by atoms with E-state index in [1.54, 1.807) is 0 Å². The van der Waals surface area contributed by atoms with E-state index in [-0.39, 0.29) is 0 Å². The van der Waals surface area contributed by atoms with Gasteiger partial charge in [-0.25, -0.2) is 4.98 Å². The largest absolute Gasteiger partial charge is 0.298 e. The smallest absolute Gasteiger partial charge is 0.152 e. The molecule has 0 bridgehead atoms. The lowest BCUT2D eigenvalue weighted by Gasteiger charge is -2.02. The third-order valence-corrected chi connectivity index (χ3v) is 3.14. The molecule has 0 atom stereocenters. The Balaban J connectivity index is 2.06. The first kappa shape index (κ1) is 12.3. The molecule has 0 amide bonds. The third kappa shape index (κ3) is 2.50. The highest BCUT2D eigenvalue weighted by atomic mass is 16.1. The Morgan fingerprint density at radius 2 is 1.60 bits per heavy atom. The molecule has 20 heavy (non-hydrogen) atoms. The third-order valence-electron chi connectivity index (χ3n) is 3.14. The highest BCUT2D eigenvalue weighted by molar-refractivity contribution is 5.91. The first-order valence-electron chi connectivity index (χ1n) is 6.45. The van der Waals surface area contributed by atoms with Crippen LogP contribution in [0.1, 0.15) is 21.6 Å². The predicted octanol–water partition coefficient (Wildman–Crippen LogP) is 4.22. The molecule has 2 nitrogen and oxygen atoms in total. The second kappa shape index (κ2) is 5.49. The van der Waals surface area contributed by atoms with Crippen molar-refractivity contribution in [2.45, 2.75) is 0 Å². The molecule has 2 aromatic carbocycles. The first-order chi connectivity index (χ1) is 9.86. The molecular formula is C18H13NO. The van der Waals surface area contributed by atoms with E-state index in [2.05, 4.69) is 4.98 Å². The van der Waals surface area contributed by atoms with Crippen LogP contribution in [0.5, 0.6) is 0 Å². The van der Waals surface area contributed by atoms with Gasteiger partial charge in [-0.3, -0.25) is 4.79 Å². The molecule has 1 aromatic heterocycles. The van der Waals surface area contributed by atoms with Crippen LogP contribution in [0.4, 0.5) is 0 Å². The fraction of sp³-hybridized carbons (Fsp3) is 0. The average Bonchev–Trinajstić information content (AvgIpc) is 2.53. The van der Waals surface area contributed by atoms with Crippen molar-refractivity contribution < 1.29 is 4.79 Å². The van der Waals surface area contributed by atoms with Crippen LogP contribution in [0.15, 0.2) is 60.7 Å². The molecule has 0 aliphatic rings. The van der Waals surface area contributed by atoms with E-state index in [9.17, 15) is 4.79 Å². The van der Waals surface area contributed by atoms with Crippen molar-refractivity contribution in [1.29, 1.82) is 0 Å². The van der Waals surface area contributed by atoms with Crippen molar-refractivity contribution in [2.75, 3.05) is 0 Å². The fourth-order valence-electron chi connectivity index (χ4n) is 2.11. The van der Waals surface area contributed by atoms with Gasteiger partial charge in [0.05, 0.1) is 11.2 Å². The number of nitrogens with zero attached hydrogens (tertiary/aromatic N) is 1. The number of benzene rings is 2. The summed E-state index contributed by atoms with van der Waals surface area (Å²) in [5.74, 6) is 0. The molecule has 0 spiro atoms. The van der Waals surface area contributed by atoms with E-state index in [1.165, 1.54) is 0 Å². The SMILES string of the molecule is O=Cc1cc2ccccc2nc1C=Cc1ccccc1. The number of carbonyl (C=O) groups excluding carboxylic acids is 1. The van der Waals surface area contributed by atoms with Gasteiger partial charge in [0, 0.05) is 10.9 Å². The molecule has 0 saturated heterocycles. The van der Waals surface area contributed by atoms with E-state index in [1.807, 2.05) is 72.8 Å². The lowest BCUT2D eigenvalue weighted by molar-refractivity contribution is 0.112. The number of fused-ring (bicyclic) bond motifs is 1. The van der Waals surface area contributed by atoms with Gasteiger partial charge in [-0.2, -0.15) is 0 Å². The summed E-state index contributed by atoms with van der Waals surface area (Å²) in [7, 11) is 0. The number of pyridine rings is 1. The van der Waals surface area contributed by atoms with Gasteiger partial charge in [0.1, 0.15) is 0 Å². The second-order valence-corrected chi connectivity index (χ2v) is 4.52. The van der Waals surface area contributed by atoms with Gasteiger partial charge in [0.15, 0.2) is 6.29 Å². The number of para-hydroxylation sites is 1. The molecule has 0 N–H and O–H groups in total. The Kier molecular flexibility index (Phi) is 3.38. The molecule has 96 valence electrons. The molecule has 0 unspecified atom stereocenters. The van der Waals surface area contributed by atoms with Gasteiger partial charge in [-0.15, -0.1) is 0 Å². The number of aldehydes is 1. The van der Waals surface area contributed by atoms with Crippen molar-refractivity contribution in [3.63, 3.8) is 0 Å². The maximum atomic E-state index is 11.2. The van der Waals surface area contributed by atoms with Crippen LogP contribution in [-0.4, -0.2) is 11.3 Å². The first-order valence-corrected chi connectivity index (χ1v) is 6.45. The summed E-state index contributed by atoms with van der Waals surface area (Å²) in [6.45, 7) is 0. The Hall–Kier alpha value is -2.74. The van der Waals surface area contributed by atoms with E-state index in [4.69, 9.17) is 0 Å². The molecule has 0 aliphatic carbocycles. The number of aromatic nitrogens is 1. The van der Waals surface area contributed by atoms with Crippen molar-refractivity contribution >= 4 is 29.3 Å². The summed E-state index contributed by atoms with van der Waals surface area (Å²) >= 11 is 0. The van der Waals surface area contributed by atoms with Crippen LogP contribution in [0.25, 0.3) is 23.1 Å². The normalized spacial score (nSPS) is 11.0. The minimum atomic E-state index is 0.607. The number of rotatable bonds is 3. The minimum Gasteiger partial charge on any atom is -0.298 e. The molecule has 0 fully saturated rings. The number of hydrogen-bond donors (Lipinski definition) is 0. The van der Waals surface area contributed by atoms with Crippen molar-refractivity contribution in [3.8, 4) is 0 Å². The maximum absolute atomic E-state index is 11.2. The van der Waals surface area contributed by atoms with Crippen LogP contribution in [0.2, 0.25) is 0 Å². The summed E-state index contributed by atoms with van der Waals surface area (Å²) < 4.78 is 0. The lowest BCUT2D eigenvalue weighted by Crippen LogP contribution is -1.92. The molecule has 3 rings (SSSR count). The van der Waals surface area contributed by atoms with Gasteiger partial charge >= 0.3 is 0 Å². The van der Waals surface area contributed by atoms with Crippen molar-refractivity contribution in [3.05, 3.63) is 77.5 Å². The Bertz CT molecular complexity index is 776. The zero-order valence-electron chi connectivity index (χ0n) is 10.9. The standard InChI is InChI=1S/C18H13NO/c20-13-16-12-15-8-4-5-9-17(15)19-18(16)11-10-14-6-2-1-3-7-14/h1-13H. The summed E-state index contributed by atoms with van der Waals surface area (Å²) in [4.78, 5) is 15.8. The number of carbonyl (C=O) groups is 1. The van der Waals surface area contributed by atoms with Crippen molar-refractivity contribution in [1.82, 2.24) is 4.98 Å². The van der Waals surface area contributed by atoms with Gasteiger partial charge in [0.2, 0.25) is 0 Å². The molecule has 0 radical (unpaired) electrons. The predicted molar refractivity (Wildman–Crippen MR) is 82.5 cm³/mol. The van der Waals surface area contributed by atoms with Gasteiger partial charge in [0.25, 0.3) is 0 Å².